The number of rotatable bonds is 6. The minimum absolute atomic E-state index is 0.176. The second-order valence-electron chi connectivity index (χ2n) is 9.19. The molecule has 0 aliphatic heterocycles. The van der Waals surface area contributed by atoms with Crippen molar-refractivity contribution in [1.29, 1.82) is 0 Å². The van der Waals surface area contributed by atoms with E-state index in [9.17, 15) is 4.79 Å². The maximum atomic E-state index is 13.2. The zero-order valence-corrected chi connectivity index (χ0v) is 19.4. The predicted octanol–water partition coefficient (Wildman–Crippen LogP) is 4.47. The van der Waals surface area contributed by atoms with Crippen LogP contribution in [0.25, 0.3) is 0 Å². The molecule has 2 aliphatic rings. The first-order valence-electron chi connectivity index (χ1n) is 11.2. The van der Waals surface area contributed by atoms with Crippen molar-refractivity contribution in [2.24, 2.45) is 0 Å². The van der Waals surface area contributed by atoms with Crippen LogP contribution in [0.4, 0.5) is 11.8 Å². The van der Waals surface area contributed by atoms with Crippen LogP contribution in [-0.2, 0) is 10.2 Å². The minimum atomic E-state index is -0.377. The van der Waals surface area contributed by atoms with Crippen molar-refractivity contribution in [2.45, 2.75) is 69.4 Å². The predicted molar refractivity (Wildman–Crippen MR) is 126 cm³/mol. The van der Waals surface area contributed by atoms with Gasteiger partial charge in [0.1, 0.15) is 5.82 Å². The summed E-state index contributed by atoms with van der Waals surface area (Å²) in [5.41, 5.74) is 1.66. The van der Waals surface area contributed by atoms with Gasteiger partial charge in [0.2, 0.25) is 11.9 Å². The van der Waals surface area contributed by atoms with Crippen molar-refractivity contribution in [2.75, 3.05) is 24.3 Å². The second-order valence-corrected chi connectivity index (χ2v) is 9.63. The van der Waals surface area contributed by atoms with Crippen LogP contribution in [0.1, 0.15) is 56.2 Å². The molecule has 2 aliphatic carbocycles. The van der Waals surface area contributed by atoms with E-state index in [1.165, 1.54) is 0 Å². The van der Waals surface area contributed by atoms with Crippen LogP contribution in [0.2, 0.25) is 5.02 Å². The normalized spacial score (nSPS) is 22.3. The quantitative estimate of drug-likeness (QED) is 0.692. The Morgan fingerprint density at radius 2 is 1.71 bits per heavy atom. The zero-order valence-electron chi connectivity index (χ0n) is 18.6. The van der Waals surface area contributed by atoms with Gasteiger partial charge in [0.25, 0.3) is 0 Å². The van der Waals surface area contributed by atoms with E-state index in [-0.39, 0.29) is 17.4 Å². The third-order valence-electron chi connectivity index (χ3n) is 6.73. The molecule has 0 atom stereocenters. The van der Waals surface area contributed by atoms with E-state index in [2.05, 4.69) is 20.6 Å². The van der Waals surface area contributed by atoms with Gasteiger partial charge in [-0.25, -0.2) is 4.98 Å². The smallest absolute Gasteiger partial charge is 0.230 e. The van der Waals surface area contributed by atoms with Crippen molar-refractivity contribution in [3.63, 3.8) is 0 Å². The Hall–Kier alpha value is -2.34. The molecule has 6 nitrogen and oxygen atoms in total. The summed E-state index contributed by atoms with van der Waals surface area (Å²) in [5, 5.41) is 7.56. The van der Waals surface area contributed by atoms with Crippen LogP contribution < -0.4 is 15.5 Å². The van der Waals surface area contributed by atoms with Gasteiger partial charge in [0, 0.05) is 43.0 Å². The second kappa shape index (κ2) is 9.03. The number of carbonyl (C=O) groups is 1. The van der Waals surface area contributed by atoms with Gasteiger partial charge in [-0.1, -0.05) is 30.2 Å². The number of aromatic nitrogens is 2. The molecule has 0 spiro atoms. The number of amides is 1. The van der Waals surface area contributed by atoms with E-state index >= 15 is 0 Å². The van der Waals surface area contributed by atoms with Gasteiger partial charge in [-0.05, 0) is 63.1 Å². The summed E-state index contributed by atoms with van der Waals surface area (Å²) in [6, 6.07) is 10.3. The first kappa shape index (κ1) is 21.9. The Morgan fingerprint density at radius 1 is 1.06 bits per heavy atom. The fourth-order valence-corrected chi connectivity index (χ4v) is 4.81. The summed E-state index contributed by atoms with van der Waals surface area (Å²) in [6.45, 7) is 1.99. The molecule has 0 radical (unpaired) electrons. The number of hydrogen-bond donors (Lipinski definition) is 2. The molecule has 0 bridgehead atoms. The topological polar surface area (TPSA) is 70.2 Å². The lowest BCUT2D eigenvalue weighted by Gasteiger charge is -2.42. The summed E-state index contributed by atoms with van der Waals surface area (Å²) in [7, 11) is 3.97. The molecule has 1 aromatic carbocycles. The Bertz CT molecular complexity index is 918. The molecule has 31 heavy (non-hydrogen) atoms. The van der Waals surface area contributed by atoms with E-state index < -0.39 is 0 Å². The van der Waals surface area contributed by atoms with Gasteiger partial charge in [-0.15, -0.1) is 0 Å². The molecular formula is C24H32ClN5O. The molecule has 2 saturated carbocycles. The lowest BCUT2D eigenvalue weighted by atomic mass is 9.63. The number of nitrogens with zero attached hydrogens (tertiary/aromatic N) is 3. The fraction of sp³-hybridized carbons (Fsp3) is 0.542. The number of carbonyl (C=O) groups excluding carboxylic acids is 1. The molecule has 1 aromatic heterocycles. The molecule has 0 saturated heterocycles. The number of anilines is 2. The highest BCUT2D eigenvalue weighted by Gasteiger charge is 2.46. The number of aryl methyl sites for hydroxylation is 1. The largest absolute Gasteiger partial charge is 0.363 e. The zero-order chi connectivity index (χ0) is 22.0. The van der Waals surface area contributed by atoms with Gasteiger partial charge < -0.3 is 15.5 Å². The number of halogens is 1. The average Bonchev–Trinajstić information content (AvgIpc) is 2.69. The van der Waals surface area contributed by atoms with E-state index in [0.29, 0.717) is 17.0 Å². The Kier molecular flexibility index (Phi) is 6.37. The minimum Gasteiger partial charge on any atom is -0.363 e. The molecule has 0 unspecified atom stereocenters. The molecule has 7 heteroatoms. The lowest BCUT2D eigenvalue weighted by molar-refractivity contribution is -0.130. The Labute approximate surface area is 189 Å². The van der Waals surface area contributed by atoms with Gasteiger partial charge >= 0.3 is 0 Å². The summed E-state index contributed by atoms with van der Waals surface area (Å²) in [6.07, 6.45) is 6.84. The van der Waals surface area contributed by atoms with E-state index in [4.69, 9.17) is 11.6 Å². The van der Waals surface area contributed by atoms with Crippen LogP contribution in [0.3, 0.4) is 0 Å². The first-order valence-corrected chi connectivity index (χ1v) is 11.6. The SMILES string of the molecule is Cc1cc(N(C)C)nc(NC2CCC(NC(=O)C3(c4ccc(Cl)cc4)CCC3)CC2)n1. The standard InChI is InChI=1S/C24H32ClN5O/c1-16-15-21(30(2)3)29-23(26-16)28-20-11-9-19(10-12-20)27-22(31)24(13-4-14-24)17-5-7-18(25)8-6-17/h5-8,15,19-20H,4,9-14H2,1-3H3,(H,27,31)(H,26,28,29). The van der Waals surface area contributed by atoms with Crippen LogP contribution in [0.15, 0.2) is 30.3 Å². The van der Waals surface area contributed by atoms with Gasteiger partial charge in [0.15, 0.2) is 0 Å². The molecule has 1 amide bonds. The molecule has 1 heterocycles. The summed E-state index contributed by atoms with van der Waals surface area (Å²) in [4.78, 5) is 24.4. The molecule has 2 aromatic rings. The summed E-state index contributed by atoms with van der Waals surface area (Å²) >= 11 is 6.04. The van der Waals surface area contributed by atoms with Crippen LogP contribution in [0.5, 0.6) is 0 Å². The Balaban J connectivity index is 1.33. The maximum absolute atomic E-state index is 13.2. The van der Waals surface area contributed by atoms with Crippen LogP contribution in [-0.4, -0.2) is 42.1 Å². The highest BCUT2D eigenvalue weighted by atomic mass is 35.5. The van der Waals surface area contributed by atoms with E-state index in [0.717, 1.165) is 62.0 Å². The van der Waals surface area contributed by atoms with Crippen molar-refractivity contribution >= 4 is 29.3 Å². The first-order chi connectivity index (χ1) is 14.9. The van der Waals surface area contributed by atoms with Crippen molar-refractivity contribution in [3.8, 4) is 0 Å². The van der Waals surface area contributed by atoms with Crippen LogP contribution in [0, 0.1) is 6.92 Å². The van der Waals surface area contributed by atoms with Gasteiger partial charge in [0.05, 0.1) is 5.41 Å². The average molecular weight is 442 g/mol. The Morgan fingerprint density at radius 3 is 2.29 bits per heavy atom. The number of hydrogen-bond acceptors (Lipinski definition) is 5. The monoisotopic (exact) mass is 441 g/mol. The summed E-state index contributed by atoms with van der Waals surface area (Å²) in [5.74, 6) is 1.77. The molecular weight excluding hydrogens is 410 g/mol. The highest BCUT2D eigenvalue weighted by Crippen LogP contribution is 2.44. The lowest BCUT2D eigenvalue weighted by Crippen LogP contribution is -2.53. The third-order valence-corrected chi connectivity index (χ3v) is 6.99. The van der Waals surface area contributed by atoms with Crippen molar-refractivity contribution in [3.05, 3.63) is 46.6 Å². The molecule has 2 N–H and O–H groups in total. The van der Waals surface area contributed by atoms with E-state index in [1.807, 2.05) is 56.3 Å². The molecule has 2 fully saturated rings. The van der Waals surface area contributed by atoms with Crippen molar-refractivity contribution < 1.29 is 4.79 Å². The van der Waals surface area contributed by atoms with E-state index in [1.54, 1.807) is 0 Å². The number of nitrogens with one attached hydrogen (secondary N) is 2. The maximum Gasteiger partial charge on any atom is 0.230 e. The highest BCUT2D eigenvalue weighted by molar-refractivity contribution is 6.30. The van der Waals surface area contributed by atoms with Crippen molar-refractivity contribution in [1.82, 2.24) is 15.3 Å². The third kappa shape index (κ3) is 4.79. The number of benzene rings is 1. The molecule has 166 valence electrons. The fourth-order valence-electron chi connectivity index (χ4n) is 4.68. The molecule has 4 rings (SSSR count). The van der Waals surface area contributed by atoms with Gasteiger partial charge in [-0.2, -0.15) is 4.98 Å². The van der Waals surface area contributed by atoms with Crippen LogP contribution >= 0.6 is 11.6 Å². The van der Waals surface area contributed by atoms with Gasteiger partial charge in [-0.3, -0.25) is 4.79 Å². The summed E-state index contributed by atoms with van der Waals surface area (Å²) < 4.78 is 0.